The topological polar surface area (TPSA) is 165 Å². The van der Waals surface area contributed by atoms with E-state index in [1.807, 2.05) is 0 Å². The Balaban J connectivity index is 1.67. The molecule has 0 spiro atoms. The number of aliphatic hydroxyl groups is 1. The van der Waals surface area contributed by atoms with Crippen LogP contribution in [0.5, 0.6) is 0 Å². The van der Waals surface area contributed by atoms with Crippen molar-refractivity contribution in [1.29, 1.82) is 0 Å². The van der Waals surface area contributed by atoms with E-state index in [0.29, 0.717) is 26.9 Å². The van der Waals surface area contributed by atoms with Gasteiger partial charge in [0, 0.05) is 22.2 Å². The van der Waals surface area contributed by atoms with Crippen LogP contribution in [0.25, 0.3) is 11.1 Å². The van der Waals surface area contributed by atoms with Crippen molar-refractivity contribution in [2.24, 2.45) is 0 Å². The lowest BCUT2D eigenvalue weighted by molar-refractivity contribution is -0.164. The molecule has 0 saturated heterocycles. The number of amides is 1. The number of hydrogen-bond acceptors (Lipinski definition) is 11. The largest absolute Gasteiger partial charge is 0.511 e. The average Bonchev–Trinajstić information content (AvgIpc) is 3.35. The minimum absolute atomic E-state index is 0.0345. The number of carbonyl (C=O) groups excluding carboxylic acids is 3. The molecule has 3 N–H and O–H groups in total. The van der Waals surface area contributed by atoms with Crippen LogP contribution in [0.3, 0.4) is 0 Å². The summed E-state index contributed by atoms with van der Waals surface area (Å²) in [6.45, 7) is 0.787. The fraction of sp³-hybridized carbons (Fsp3) is 0.292. The second-order valence-electron chi connectivity index (χ2n) is 8.01. The summed E-state index contributed by atoms with van der Waals surface area (Å²) in [5, 5.41) is 28.8. The summed E-state index contributed by atoms with van der Waals surface area (Å²) in [5.74, 6) is -1.87. The van der Waals surface area contributed by atoms with Crippen molar-refractivity contribution in [3.63, 3.8) is 0 Å². The molecule has 0 aliphatic carbocycles. The number of hydrogen-bond donors (Lipinski definition) is 3. The zero-order valence-electron chi connectivity index (χ0n) is 20.6. The Labute approximate surface area is 232 Å². The molecule has 1 atom stereocenters. The Morgan fingerprint density at radius 3 is 2.51 bits per heavy atom. The van der Waals surface area contributed by atoms with Crippen LogP contribution in [-0.4, -0.2) is 74.6 Å². The van der Waals surface area contributed by atoms with Crippen LogP contribution in [0.15, 0.2) is 48.7 Å². The number of nitrogens with one attached hydrogen (secondary N) is 1. The van der Waals surface area contributed by atoms with Gasteiger partial charge in [-0.15, -0.1) is 5.10 Å². The third-order valence-electron chi connectivity index (χ3n) is 5.01. The second kappa shape index (κ2) is 14.3. The lowest BCUT2D eigenvalue weighted by atomic mass is 10.0. The molecule has 208 valence electrons. The number of esters is 1. The van der Waals surface area contributed by atoms with Crippen LogP contribution in [0, 0.1) is 0 Å². The molecule has 3 aromatic rings. The molecular weight excluding hydrogens is 557 g/mol. The molecule has 1 amide bonds. The van der Waals surface area contributed by atoms with Crippen LogP contribution in [0.4, 0.5) is 4.79 Å². The molecule has 1 aromatic heterocycles. The minimum Gasteiger partial charge on any atom is -0.434 e. The van der Waals surface area contributed by atoms with Gasteiger partial charge in [-0.25, -0.2) is 14.6 Å². The summed E-state index contributed by atoms with van der Waals surface area (Å²) in [5.41, 5.74) is 4.49. The SMILES string of the molecule is CCCOC(=O)OCOC(=O)C(O)CN(Cc1ccc(-c2cc(Cl)ccc2Cl)cc1)NC(=O)c1cn(O)nn1. The quantitative estimate of drug-likeness (QED) is 0.124. The fourth-order valence-electron chi connectivity index (χ4n) is 3.18. The Bertz CT molecular complexity index is 1290. The fourth-order valence-corrected chi connectivity index (χ4v) is 3.58. The molecule has 39 heavy (non-hydrogen) atoms. The van der Waals surface area contributed by atoms with Crippen LogP contribution in [0.2, 0.25) is 10.0 Å². The lowest BCUT2D eigenvalue weighted by Gasteiger charge is -2.24. The van der Waals surface area contributed by atoms with Gasteiger partial charge in [0.25, 0.3) is 5.91 Å². The van der Waals surface area contributed by atoms with Crippen molar-refractivity contribution in [1.82, 2.24) is 25.6 Å². The first-order valence-electron chi connectivity index (χ1n) is 11.5. The van der Waals surface area contributed by atoms with Gasteiger partial charge in [0.1, 0.15) is 0 Å². The first-order chi connectivity index (χ1) is 18.7. The smallest absolute Gasteiger partial charge is 0.434 e. The molecular formula is C24H25Cl2N5O8. The van der Waals surface area contributed by atoms with Gasteiger partial charge < -0.3 is 24.5 Å². The monoisotopic (exact) mass is 581 g/mol. The maximum atomic E-state index is 12.6. The summed E-state index contributed by atoms with van der Waals surface area (Å²) in [6, 6.07) is 12.2. The van der Waals surface area contributed by atoms with E-state index in [4.69, 9.17) is 27.9 Å². The molecule has 0 fully saturated rings. The van der Waals surface area contributed by atoms with Crippen molar-refractivity contribution in [3.05, 3.63) is 70.0 Å². The van der Waals surface area contributed by atoms with Gasteiger partial charge in [0.2, 0.25) is 6.79 Å². The number of carbonyl (C=O) groups is 3. The molecule has 1 unspecified atom stereocenters. The third kappa shape index (κ3) is 9.11. The average molecular weight is 582 g/mol. The number of nitrogens with zero attached hydrogens (tertiary/aromatic N) is 4. The van der Waals surface area contributed by atoms with E-state index in [2.05, 4.69) is 25.2 Å². The molecule has 0 bridgehead atoms. The zero-order chi connectivity index (χ0) is 28.4. The molecule has 2 aromatic carbocycles. The molecule has 3 rings (SSSR count). The highest BCUT2D eigenvalue weighted by molar-refractivity contribution is 6.35. The molecule has 0 radical (unpaired) electrons. The van der Waals surface area contributed by atoms with Gasteiger partial charge >= 0.3 is 12.1 Å². The number of benzene rings is 2. The van der Waals surface area contributed by atoms with Gasteiger partial charge in [-0.3, -0.25) is 10.2 Å². The molecule has 0 aliphatic rings. The van der Waals surface area contributed by atoms with Crippen molar-refractivity contribution in [2.45, 2.75) is 26.0 Å². The van der Waals surface area contributed by atoms with E-state index in [1.54, 1.807) is 49.4 Å². The number of halogens is 2. The van der Waals surface area contributed by atoms with Gasteiger partial charge in [0.15, 0.2) is 11.8 Å². The summed E-state index contributed by atoms with van der Waals surface area (Å²) < 4.78 is 14.0. The Hall–Kier alpha value is -3.91. The van der Waals surface area contributed by atoms with Gasteiger partial charge in [-0.1, -0.05) is 59.2 Å². The highest BCUT2D eigenvalue weighted by atomic mass is 35.5. The number of aromatic nitrogens is 3. The Morgan fingerprint density at radius 2 is 1.85 bits per heavy atom. The summed E-state index contributed by atoms with van der Waals surface area (Å²) in [6.07, 6.45) is -1.21. The van der Waals surface area contributed by atoms with Crippen LogP contribution in [0.1, 0.15) is 29.4 Å². The maximum absolute atomic E-state index is 12.6. The van der Waals surface area contributed by atoms with Crippen LogP contribution >= 0.6 is 23.2 Å². The number of aliphatic hydroxyl groups excluding tert-OH is 1. The first kappa shape index (κ1) is 29.6. The second-order valence-corrected chi connectivity index (χ2v) is 8.85. The van der Waals surface area contributed by atoms with Crippen molar-refractivity contribution in [2.75, 3.05) is 19.9 Å². The van der Waals surface area contributed by atoms with E-state index >= 15 is 0 Å². The van der Waals surface area contributed by atoms with Crippen molar-refractivity contribution < 1.29 is 38.9 Å². The highest BCUT2D eigenvalue weighted by Crippen LogP contribution is 2.30. The normalized spacial score (nSPS) is 11.6. The minimum atomic E-state index is -1.74. The Kier molecular flexibility index (Phi) is 10.9. The first-order valence-corrected chi connectivity index (χ1v) is 12.3. The maximum Gasteiger partial charge on any atom is 0.511 e. The Morgan fingerprint density at radius 1 is 1.10 bits per heavy atom. The summed E-state index contributed by atoms with van der Waals surface area (Å²) in [7, 11) is 0. The zero-order valence-corrected chi connectivity index (χ0v) is 22.1. The number of rotatable bonds is 12. The molecule has 13 nitrogen and oxygen atoms in total. The van der Waals surface area contributed by atoms with E-state index in [1.165, 1.54) is 5.01 Å². The summed E-state index contributed by atoms with van der Waals surface area (Å²) >= 11 is 12.4. The molecule has 0 aliphatic heterocycles. The number of ether oxygens (including phenoxy) is 3. The van der Waals surface area contributed by atoms with E-state index in [-0.39, 0.29) is 18.8 Å². The number of hydrazine groups is 1. The van der Waals surface area contributed by atoms with Crippen LogP contribution < -0.4 is 5.43 Å². The lowest BCUT2D eigenvalue weighted by Crippen LogP contribution is -2.47. The van der Waals surface area contributed by atoms with Gasteiger partial charge in [0.05, 0.1) is 19.3 Å². The van der Waals surface area contributed by atoms with Gasteiger partial charge in [-0.05, 0) is 41.0 Å². The summed E-state index contributed by atoms with van der Waals surface area (Å²) in [4.78, 5) is 36.5. The molecule has 1 heterocycles. The predicted molar refractivity (Wildman–Crippen MR) is 137 cm³/mol. The predicted octanol–water partition coefficient (Wildman–Crippen LogP) is 3.06. The molecule has 0 saturated carbocycles. The highest BCUT2D eigenvalue weighted by Gasteiger charge is 2.24. The van der Waals surface area contributed by atoms with Crippen LogP contribution in [-0.2, 0) is 25.5 Å². The van der Waals surface area contributed by atoms with E-state index in [0.717, 1.165) is 17.3 Å². The third-order valence-corrected chi connectivity index (χ3v) is 5.57. The van der Waals surface area contributed by atoms with E-state index in [9.17, 15) is 24.7 Å². The molecule has 15 heteroatoms. The standard InChI is InChI=1S/C24H25Cl2N5O8/c1-2-9-37-24(35)39-14-38-23(34)21(32)13-30(28-22(33)20-12-31(36)29-27-20)11-15-3-5-16(6-4-15)18-10-17(25)7-8-19(18)26/h3-8,10,12,21,32,36H,2,9,11,13-14H2,1H3,(H,28,33). The van der Waals surface area contributed by atoms with Gasteiger partial charge in [-0.2, -0.15) is 0 Å². The van der Waals surface area contributed by atoms with E-state index < -0.39 is 37.5 Å². The van der Waals surface area contributed by atoms with Crippen molar-refractivity contribution in [3.8, 4) is 11.1 Å². The van der Waals surface area contributed by atoms with Crippen molar-refractivity contribution >= 4 is 41.2 Å².